The molecule has 4 rings (SSSR count). The van der Waals surface area contributed by atoms with Gasteiger partial charge in [-0.1, -0.05) is 12.1 Å². The number of hydrogen-bond donors (Lipinski definition) is 0. The molecule has 3 heterocycles. The van der Waals surface area contributed by atoms with Crippen LogP contribution in [0, 0.1) is 0 Å². The second kappa shape index (κ2) is 7.16. The molecule has 0 aliphatic carbocycles. The zero-order chi connectivity index (χ0) is 19.0. The van der Waals surface area contributed by atoms with Crippen molar-refractivity contribution in [3.8, 4) is 11.1 Å². The first-order chi connectivity index (χ1) is 12.9. The van der Waals surface area contributed by atoms with Crippen LogP contribution in [0.2, 0.25) is 0 Å². The predicted molar refractivity (Wildman–Crippen MR) is 102 cm³/mol. The number of fused-ring (bicyclic) bond motifs is 1. The van der Waals surface area contributed by atoms with Gasteiger partial charge in [0.1, 0.15) is 5.25 Å². The van der Waals surface area contributed by atoms with Crippen molar-refractivity contribution in [2.75, 3.05) is 18.8 Å². The molecule has 1 atom stereocenters. The topological polar surface area (TPSA) is 34.0 Å². The maximum atomic E-state index is 13.0. The SMILES string of the molecule is Cn1cc(-c2ccnc3cc(CN4CCSC(C(F)(F)F)C4)ccc23)cn1. The van der Waals surface area contributed by atoms with Gasteiger partial charge < -0.3 is 0 Å². The molecule has 1 aliphatic rings. The highest BCUT2D eigenvalue weighted by Gasteiger charge is 2.42. The molecule has 0 saturated carbocycles. The van der Waals surface area contributed by atoms with Gasteiger partial charge in [-0.25, -0.2) is 0 Å². The number of halogens is 3. The third-order valence-electron chi connectivity index (χ3n) is 4.74. The number of aromatic nitrogens is 3. The monoisotopic (exact) mass is 392 g/mol. The van der Waals surface area contributed by atoms with Crippen LogP contribution in [-0.2, 0) is 13.6 Å². The van der Waals surface area contributed by atoms with Gasteiger partial charge >= 0.3 is 6.18 Å². The molecule has 27 heavy (non-hydrogen) atoms. The van der Waals surface area contributed by atoms with Crippen LogP contribution in [0.25, 0.3) is 22.0 Å². The number of thioether (sulfide) groups is 1. The van der Waals surface area contributed by atoms with Crippen LogP contribution in [0.4, 0.5) is 13.2 Å². The quantitative estimate of drug-likeness (QED) is 0.672. The van der Waals surface area contributed by atoms with Gasteiger partial charge in [-0.3, -0.25) is 14.6 Å². The third-order valence-corrected chi connectivity index (χ3v) is 5.98. The fraction of sp³-hybridized carbons (Fsp3) is 0.368. The molecule has 1 aliphatic heterocycles. The molecule has 1 saturated heterocycles. The average Bonchev–Trinajstić information content (AvgIpc) is 3.07. The summed E-state index contributed by atoms with van der Waals surface area (Å²) in [6.07, 6.45) is 1.37. The van der Waals surface area contributed by atoms with Gasteiger partial charge in [0, 0.05) is 55.8 Å². The summed E-state index contributed by atoms with van der Waals surface area (Å²) in [7, 11) is 1.87. The summed E-state index contributed by atoms with van der Waals surface area (Å²) in [5, 5.41) is 3.92. The van der Waals surface area contributed by atoms with Gasteiger partial charge in [-0.2, -0.15) is 18.3 Å². The Morgan fingerprint density at radius 1 is 1.26 bits per heavy atom. The number of pyridine rings is 1. The highest BCUT2D eigenvalue weighted by molar-refractivity contribution is 8.00. The summed E-state index contributed by atoms with van der Waals surface area (Å²) < 4.78 is 40.8. The Balaban J connectivity index is 1.57. The zero-order valence-corrected chi connectivity index (χ0v) is 15.6. The average molecular weight is 392 g/mol. The van der Waals surface area contributed by atoms with Crippen LogP contribution in [0.3, 0.4) is 0 Å². The van der Waals surface area contributed by atoms with Crippen LogP contribution in [0.5, 0.6) is 0 Å². The van der Waals surface area contributed by atoms with Gasteiger partial charge in [0.2, 0.25) is 0 Å². The lowest BCUT2D eigenvalue weighted by Gasteiger charge is -2.33. The molecular weight excluding hydrogens is 373 g/mol. The zero-order valence-electron chi connectivity index (χ0n) is 14.8. The summed E-state index contributed by atoms with van der Waals surface area (Å²) in [5.41, 5.74) is 3.88. The lowest BCUT2D eigenvalue weighted by atomic mass is 10.0. The second-order valence-electron chi connectivity index (χ2n) is 6.75. The van der Waals surface area contributed by atoms with Crippen LogP contribution in [-0.4, -0.2) is 49.9 Å². The Labute approximate surface area is 159 Å². The minimum atomic E-state index is -4.15. The van der Waals surface area contributed by atoms with Gasteiger partial charge in [-0.15, -0.1) is 11.8 Å². The molecule has 0 N–H and O–H groups in total. The standard InChI is InChI=1S/C19H19F3N4S/c1-25-11-14(9-24-25)15-4-5-23-17-8-13(2-3-16(15)17)10-26-6-7-27-18(12-26)19(20,21)22/h2-5,8-9,11,18H,6-7,10,12H2,1H3. The van der Waals surface area contributed by atoms with E-state index in [0.717, 1.165) is 39.4 Å². The minimum absolute atomic E-state index is 0.0371. The molecule has 2 aromatic heterocycles. The summed E-state index contributed by atoms with van der Waals surface area (Å²) in [6.45, 7) is 1.20. The molecule has 0 radical (unpaired) electrons. The van der Waals surface area contributed by atoms with E-state index in [4.69, 9.17) is 0 Å². The van der Waals surface area contributed by atoms with E-state index < -0.39 is 11.4 Å². The van der Waals surface area contributed by atoms with Crippen molar-refractivity contribution in [3.05, 3.63) is 48.4 Å². The first-order valence-corrected chi connectivity index (χ1v) is 9.72. The third kappa shape index (κ3) is 3.96. The fourth-order valence-electron chi connectivity index (χ4n) is 3.41. The van der Waals surface area contributed by atoms with Crippen molar-refractivity contribution in [2.45, 2.75) is 18.0 Å². The van der Waals surface area contributed by atoms with E-state index >= 15 is 0 Å². The number of nitrogens with zero attached hydrogens (tertiary/aromatic N) is 4. The van der Waals surface area contributed by atoms with Crippen molar-refractivity contribution in [2.24, 2.45) is 7.05 Å². The first kappa shape index (κ1) is 18.3. The van der Waals surface area contributed by atoms with Gasteiger partial charge in [0.05, 0.1) is 11.7 Å². The van der Waals surface area contributed by atoms with E-state index in [1.807, 2.05) is 48.6 Å². The van der Waals surface area contributed by atoms with Crippen LogP contribution in [0.1, 0.15) is 5.56 Å². The fourth-order valence-corrected chi connectivity index (χ4v) is 4.56. The van der Waals surface area contributed by atoms with Crippen molar-refractivity contribution in [3.63, 3.8) is 0 Å². The molecular formula is C19H19F3N4S. The lowest BCUT2D eigenvalue weighted by Crippen LogP contribution is -2.44. The van der Waals surface area contributed by atoms with E-state index in [0.29, 0.717) is 18.8 Å². The predicted octanol–water partition coefficient (Wildman–Crippen LogP) is 4.12. The maximum Gasteiger partial charge on any atom is 0.401 e. The summed E-state index contributed by atoms with van der Waals surface area (Å²) in [6, 6.07) is 7.91. The van der Waals surface area contributed by atoms with E-state index in [1.165, 1.54) is 0 Å². The molecule has 1 aromatic carbocycles. The molecule has 3 aromatic rings. The normalized spacial score (nSPS) is 18.9. The van der Waals surface area contributed by atoms with Crippen LogP contribution in [0.15, 0.2) is 42.9 Å². The largest absolute Gasteiger partial charge is 0.401 e. The van der Waals surface area contributed by atoms with Crippen molar-refractivity contribution in [1.29, 1.82) is 0 Å². The van der Waals surface area contributed by atoms with Gasteiger partial charge in [0.25, 0.3) is 0 Å². The summed E-state index contributed by atoms with van der Waals surface area (Å²) in [4.78, 5) is 6.33. The Kier molecular flexibility index (Phi) is 4.86. The highest BCUT2D eigenvalue weighted by atomic mass is 32.2. The Morgan fingerprint density at radius 3 is 2.85 bits per heavy atom. The second-order valence-corrected chi connectivity index (χ2v) is 8.06. The molecule has 1 fully saturated rings. The molecule has 142 valence electrons. The van der Waals surface area contributed by atoms with Crippen LogP contribution >= 0.6 is 11.8 Å². The van der Waals surface area contributed by atoms with Crippen molar-refractivity contribution in [1.82, 2.24) is 19.7 Å². The number of alkyl halides is 3. The number of aryl methyl sites for hydroxylation is 1. The Bertz CT molecular complexity index is 954. The van der Waals surface area contributed by atoms with Crippen molar-refractivity contribution < 1.29 is 13.2 Å². The maximum absolute atomic E-state index is 13.0. The minimum Gasteiger partial charge on any atom is -0.297 e. The Morgan fingerprint density at radius 2 is 2.11 bits per heavy atom. The van der Waals surface area contributed by atoms with E-state index in [-0.39, 0.29) is 6.54 Å². The van der Waals surface area contributed by atoms with Crippen LogP contribution < -0.4 is 0 Å². The summed E-state index contributed by atoms with van der Waals surface area (Å²) in [5.74, 6) is 0.501. The van der Waals surface area contributed by atoms with Gasteiger partial charge in [-0.05, 0) is 23.3 Å². The Hall–Kier alpha value is -2.06. The molecule has 0 spiro atoms. The molecule has 0 bridgehead atoms. The molecule has 4 nitrogen and oxygen atoms in total. The van der Waals surface area contributed by atoms with Crippen molar-refractivity contribution >= 4 is 22.7 Å². The van der Waals surface area contributed by atoms with E-state index in [2.05, 4.69) is 10.1 Å². The smallest absolute Gasteiger partial charge is 0.297 e. The van der Waals surface area contributed by atoms with E-state index in [1.54, 1.807) is 10.9 Å². The summed E-state index contributed by atoms with van der Waals surface area (Å²) >= 11 is 1.00. The molecule has 8 heteroatoms. The lowest BCUT2D eigenvalue weighted by molar-refractivity contribution is -0.133. The van der Waals surface area contributed by atoms with E-state index in [9.17, 15) is 13.2 Å². The number of rotatable bonds is 3. The number of benzene rings is 1. The first-order valence-electron chi connectivity index (χ1n) is 8.67. The molecule has 0 amide bonds. The molecule has 1 unspecified atom stereocenters. The highest BCUT2D eigenvalue weighted by Crippen LogP contribution is 2.34. The number of hydrogen-bond acceptors (Lipinski definition) is 4. The van der Waals surface area contributed by atoms with Gasteiger partial charge in [0.15, 0.2) is 0 Å².